The van der Waals surface area contributed by atoms with Crippen molar-refractivity contribution >= 4 is 0 Å². The highest BCUT2D eigenvalue weighted by Crippen LogP contribution is 2.35. The average molecular weight is 486 g/mol. The van der Waals surface area contributed by atoms with Crippen molar-refractivity contribution < 1.29 is 9.47 Å². The summed E-state index contributed by atoms with van der Waals surface area (Å²) in [4.78, 5) is 8.41. The number of aromatic nitrogens is 4. The number of rotatable bonds is 9. The Balaban J connectivity index is 1.19. The van der Waals surface area contributed by atoms with Gasteiger partial charge in [-0.1, -0.05) is 67.6 Å². The number of H-pyrrole nitrogens is 1. The molecule has 5 rings (SSSR count). The number of nitrogens with zero attached hydrogens (tertiary/aromatic N) is 3. The van der Waals surface area contributed by atoms with E-state index in [0.717, 1.165) is 54.3 Å². The number of nitrogens with one attached hydrogen (secondary N) is 2. The quantitative estimate of drug-likeness (QED) is 0.315. The first kappa shape index (κ1) is 24.4. The molecule has 1 saturated heterocycles. The van der Waals surface area contributed by atoms with Gasteiger partial charge in [-0.2, -0.15) is 5.10 Å². The molecule has 188 valence electrons. The second-order valence-electron chi connectivity index (χ2n) is 10.0. The molecule has 0 aliphatic carbocycles. The standard InChI is InChI=1S/C29H35N5O2/c1-21-17-22(2)34(33-21)16-10-15-30-18-29(3)19-35-28(36-20-29)27-31-25(23-11-6-4-7-12-23)26(32-27)24-13-8-5-9-14-24/h4-9,11-14,17,28,30H,10,15-16,18-20H2,1-3H3,(H,31,32). The van der Waals surface area contributed by atoms with Crippen molar-refractivity contribution in [3.05, 3.63) is 83.9 Å². The predicted octanol–water partition coefficient (Wildman–Crippen LogP) is 5.29. The Hall–Kier alpha value is -3.26. The van der Waals surface area contributed by atoms with E-state index < -0.39 is 6.29 Å². The van der Waals surface area contributed by atoms with Crippen molar-refractivity contribution in [1.82, 2.24) is 25.1 Å². The third kappa shape index (κ3) is 5.59. The maximum Gasteiger partial charge on any atom is 0.217 e. The van der Waals surface area contributed by atoms with E-state index in [1.807, 2.05) is 43.3 Å². The molecule has 7 nitrogen and oxygen atoms in total. The number of ether oxygens (including phenoxy) is 2. The molecule has 2 N–H and O–H groups in total. The topological polar surface area (TPSA) is 77.0 Å². The summed E-state index contributed by atoms with van der Waals surface area (Å²) in [5.74, 6) is 0.701. The molecule has 0 spiro atoms. The van der Waals surface area contributed by atoms with E-state index in [1.165, 1.54) is 5.69 Å². The molecule has 4 aromatic rings. The third-order valence-corrected chi connectivity index (χ3v) is 6.60. The summed E-state index contributed by atoms with van der Waals surface area (Å²) in [5, 5.41) is 8.11. The van der Waals surface area contributed by atoms with Crippen LogP contribution in [-0.2, 0) is 16.0 Å². The third-order valence-electron chi connectivity index (χ3n) is 6.60. The molecule has 1 fully saturated rings. The first-order valence-electron chi connectivity index (χ1n) is 12.7. The summed E-state index contributed by atoms with van der Waals surface area (Å²) in [6.45, 7) is 10.2. The van der Waals surface area contributed by atoms with Crippen LogP contribution in [0.3, 0.4) is 0 Å². The Morgan fingerprint density at radius 3 is 2.31 bits per heavy atom. The summed E-state index contributed by atoms with van der Waals surface area (Å²) in [7, 11) is 0. The van der Waals surface area contributed by atoms with Crippen molar-refractivity contribution in [2.24, 2.45) is 5.41 Å². The summed E-state index contributed by atoms with van der Waals surface area (Å²) >= 11 is 0. The van der Waals surface area contributed by atoms with Crippen molar-refractivity contribution in [3.8, 4) is 22.5 Å². The van der Waals surface area contributed by atoms with E-state index in [4.69, 9.17) is 14.5 Å². The molecule has 2 aromatic heterocycles. The molecule has 0 saturated carbocycles. The smallest absolute Gasteiger partial charge is 0.217 e. The van der Waals surface area contributed by atoms with Gasteiger partial charge in [0.25, 0.3) is 0 Å². The molecule has 1 aliphatic heterocycles. The molecular weight excluding hydrogens is 450 g/mol. The maximum atomic E-state index is 6.19. The van der Waals surface area contributed by atoms with Crippen LogP contribution in [0.4, 0.5) is 0 Å². The first-order valence-corrected chi connectivity index (χ1v) is 12.7. The maximum absolute atomic E-state index is 6.19. The second kappa shape index (κ2) is 10.8. The normalized spacial score (nSPS) is 20.0. The van der Waals surface area contributed by atoms with E-state index in [0.29, 0.717) is 19.0 Å². The van der Waals surface area contributed by atoms with Crippen LogP contribution in [0.2, 0.25) is 0 Å². The number of hydrogen-bond acceptors (Lipinski definition) is 5. The zero-order valence-corrected chi connectivity index (χ0v) is 21.3. The Kier molecular flexibility index (Phi) is 7.32. The molecule has 3 heterocycles. The Labute approximate surface area is 212 Å². The van der Waals surface area contributed by atoms with Gasteiger partial charge in [0.15, 0.2) is 5.82 Å². The largest absolute Gasteiger partial charge is 0.345 e. The van der Waals surface area contributed by atoms with E-state index in [-0.39, 0.29) is 5.41 Å². The van der Waals surface area contributed by atoms with Gasteiger partial charge in [0.05, 0.1) is 30.3 Å². The highest BCUT2D eigenvalue weighted by atomic mass is 16.7. The Morgan fingerprint density at radius 1 is 1.00 bits per heavy atom. The molecule has 0 radical (unpaired) electrons. The molecule has 7 heteroatoms. The number of hydrogen-bond donors (Lipinski definition) is 2. The highest BCUT2D eigenvalue weighted by molar-refractivity contribution is 5.78. The number of aryl methyl sites for hydroxylation is 3. The first-order chi connectivity index (χ1) is 17.5. The molecule has 0 unspecified atom stereocenters. The molecule has 2 aromatic carbocycles. The molecule has 1 aliphatic rings. The SMILES string of the molecule is Cc1cc(C)n(CCCNCC2(C)COC(c3nc(-c4ccccc4)c(-c4ccccc4)[nH]3)OC2)n1. The molecule has 0 atom stereocenters. The second-order valence-corrected chi connectivity index (χ2v) is 10.0. The summed E-state index contributed by atoms with van der Waals surface area (Å²) in [6, 6.07) is 22.6. The number of imidazole rings is 1. The zero-order valence-electron chi connectivity index (χ0n) is 21.3. The van der Waals surface area contributed by atoms with Gasteiger partial charge in [-0.15, -0.1) is 0 Å². The van der Waals surface area contributed by atoms with Gasteiger partial charge >= 0.3 is 0 Å². The lowest BCUT2D eigenvalue weighted by Crippen LogP contribution is -2.44. The lowest BCUT2D eigenvalue weighted by Gasteiger charge is -2.36. The molecule has 0 amide bonds. The Morgan fingerprint density at radius 2 is 1.67 bits per heavy atom. The minimum absolute atomic E-state index is 0.0915. The van der Waals surface area contributed by atoms with Gasteiger partial charge in [-0.3, -0.25) is 4.68 Å². The fraction of sp³-hybridized carbons (Fsp3) is 0.379. The molecule has 0 bridgehead atoms. The van der Waals surface area contributed by atoms with Crippen LogP contribution in [0, 0.1) is 19.3 Å². The van der Waals surface area contributed by atoms with Crippen LogP contribution in [-0.4, -0.2) is 46.1 Å². The van der Waals surface area contributed by atoms with Crippen LogP contribution in [0.1, 0.15) is 36.8 Å². The van der Waals surface area contributed by atoms with Crippen molar-refractivity contribution in [1.29, 1.82) is 0 Å². The molecule has 36 heavy (non-hydrogen) atoms. The van der Waals surface area contributed by atoms with Crippen molar-refractivity contribution in [2.75, 3.05) is 26.3 Å². The van der Waals surface area contributed by atoms with Gasteiger partial charge in [-0.25, -0.2) is 4.98 Å². The van der Waals surface area contributed by atoms with Crippen LogP contribution < -0.4 is 5.32 Å². The zero-order chi connectivity index (χ0) is 25.0. The summed E-state index contributed by atoms with van der Waals surface area (Å²) in [5.41, 5.74) is 6.21. The summed E-state index contributed by atoms with van der Waals surface area (Å²) in [6.07, 6.45) is 0.517. The lowest BCUT2D eigenvalue weighted by atomic mass is 9.92. The predicted molar refractivity (Wildman–Crippen MR) is 141 cm³/mol. The monoisotopic (exact) mass is 485 g/mol. The van der Waals surface area contributed by atoms with E-state index in [1.54, 1.807) is 0 Å². The van der Waals surface area contributed by atoms with E-state index in [2.05, 4.69) is 64.3 Å². The van der Waals surface area contributed by atoms with Gasteiger partial charge < -0.3 is 19.8 Å². The Bertz CT molecular complexity index is 1200. The molecular formula is C29H35N5O2. The van der Waals surface area contributed by atoms with Crippen molar-refractivity contribution in [2.45, 2.75) is 40.0 Å². The van der Waals surface area contributed by atoms with E-state index in [9.17, 15) is 0 Å². The van der Waals surface area contributed by atoms with Crippen LogP contribution in [0.15, 0.2) is 66.7 Å². The van der Waals surface area contributed by atoms with Gasteiger partial charge in [0.1, 0.15) is 0 Å². The number of benzene rings is 2. The highest BCUT2D eigenvalue weighted by Gasteiger charge is 2.35. The van der Waals surface area contributed by atoms with Crippen molar-refractivity contribution in [3.63, 3.8) is 0 Å². The fourth-order valence-corrected chi connectivity index (χ4v) is 4.67. The minimum Gasteiger partial charge on any atom is -0.345 e. The van der Waals surface area contributed by atoms with Gasteiger partial charge in [-0.05, 0) is 32.9 Å². The minimum atomic E-state index is -0.510. The summed E-state index contributed by atoms with van der Waals surface area (Å²) < 4.78 is 14.5. The van der Waals surface area contributed by atoms with Crippen LogP contribution >= 0.6 is 0 Å². The fourth-order valence-electron chi connectivity index (χ4n) is 4.67. The number of aromatic amines is 1. The van der Waals surface area contributed by atoms with Gasteiger partial charge in [0, 0.05) is 35.3 Å². The van der Waals surface area contributed by atoms with Crippen LogP contribution in [0.5, 0.6) is 0 Å². The van der Waals surface area contributed by atoms with Gasteiger partial charge in [0.2, 0.25) is 6.29 Å². The van der Waals surface area contributed by atoms with Crippen LogP contribution in [0.25, 0.3) is 22.5 Å². The average Bonchev–Trinajstić information content (AvgIpc) is 3.48. The lowest BCUT2D eigenvalue weighted by molar-refractivity contribution is -0.232. The van der Waals surface area contributed by atoms with E-state index >= 15 is 0 Å².